The van der Waals surface area contributed by atoms with Gasteiger partial charge in [-0.1, -0.05) is 18.9 Å². The van der Waals surface area contributed by atoms with Crippen molar-refractivity contribution in [3.8, 4) is 17.6 Å². The van der Waals surface area contributed by atoms with Gasteiger partial charge in [0.1, 0.15) is 25.1 Å². The zero-order valence-corrected chi connectivity index (χ0v) is 14.0. The van der Waals surface area contributed by atoms with Gasteiger partial charge in [-0.15, -0.1) is 0 Å². The Balaban J connectivity index is 1.56. The molecule has 2 aromatic rings. The monoisotopic (exact) mass is 336 g/mol. The van der Waals surface area contributed by atoms with Crippen LogP contribution in [-0.2, 0) is 5.41 Å². The summed E-state index contributed by atoms with van der Waals surface area (Å²) < 4.78 is 11.4. The van der Waals surface area contributed by atoms with Gasteiger partial charge < -0.3 is 14.8 Å². The maximum Gasteiger partial charge on any atom is 0.161 e. The number of nitriles is 1. The van der Waals surface area contributed by atoms with Crippen molar-refractivity contribution in [1.29, 1.82) is 5.26 Å². The van der Waals surface area contributed by atoms with E-state index in [2.05, 4.69) is 27.4 Å². The van der Waals surface area contributed by atoms with Crippen LogP contribution in [0.15, 0.2) is 30.6 Å². The summed E-state index contributed by atoms with van der Waals surface area (Å²) in [6, 6.07) is 8.29. The summed E-state index contributed by atoms with van der Waals surface area (Å²) >= 11 is 0. The number of anilines is 1. The summed E-state index contributed by atoms with van der Waals surface area (Å²) in [5, 5.41) is 12.2. The molecule has 1 saturated carbocycles. The molecule has 0 saturated heterocycles. The molecule has 1 aliphatic carbocycles. The number of rotatable bonds is 4. The maximum atomic E-state index is 8.82. The number of hydrogen-bond acceptors (Lipinski definition) is 6. The van der Waals surface area contributed by atoms with E-state index in [1.807, 2.05) is 12.1 Å². The van der Waals surface area contributed by atoms with Crippen LogP contribution in [0.25, 0.3) is 0 Å². The SMILES string of the molecule is N#Cc1cnc(NCC2(c3ccc4c(c3)OCCO4)CCCC2)cn1. The van der Waals surface area contributed by atoms with Crippen LogP contribution in [0.1, 0.15) is 36.9 Å². The second-order valence-electron chi connectivity index (χ2n) is 6.60. The minimum atomic E-state index is 0.0609. The quantitative estimate of drug-likeness (QED) is 0.924. The van der Waals surface area contributed by atoms with E-state index in [1.54, 1.807) is 6.20 Å². The number of nitrogens with one attached hydrogen (secondary N) is 1. The summed E-state index contributed by atoms with van der Waals surface area (Å²) in [5.74, 6) is 2.37. The summed E-state index contributed by atoms with van der Waals surface area (Å²) in [7, 11) is 0. The van der Waals surface area contributed by atoms with Gasteiger partial charge in [0.15, 0.2) is 17.2 Å². The van der Waals surface area contributed by atoms with Gasteiger partial charge in [-0.2, -0.15) is 5.26 Å². The predicted octanol–water partition coefficient (Wildman–Crippen LogP) is 3.04. The molecule has 2 aliphatic rings. The molecule has 0 amide bonds. The molecular weight excluding hydrogens is 316 g/mol. The first-order valence-corrected chi connectivity index (χ1v) is 8.65. The highest BCUT2D eigenvalue weighted by Gasteiger charge is 2.36. The normalized spacial score (nSPS) is 17.7. The van der Waals surface area contributed by atoms with Crippen molar-refractivity contribution in [2.75, 3.05) is 25.1 Å². The van der Waals surface area contributed by atoms with Crippen LogP contribution in [0.4, 0.5) is 5.82 Å². The molecule has 0 bridgehead atoms. The molecule has 0 unspecified atom stereocenters. The Morgan fingerprint density at radius 2 is 1.88 bits per heavy atom. The van der Waals surface area contributed by atoms with Gasteiger partial charge in [0.05, 0.1) is 12.4 Å². The number of aromatic nitrogens is 2. The van der Waals surface area contributed by atoms with Gasteiger partial charge >= 0.3 is 0 Å². The second kappa shape index (κ2) is 6.60. The Morgan fingerprint density at radius 1 is 1.08 bits per heavy atom. The molecule has 6 nitrogen and oxygen atoms in total. The maximum absolute atomic E-state index is 8.82. The van der Waals surface area contributed by atoms with Gasteiger partial charge in [-0.3, -0.25) is 0 Å². The standard InChI is InChI=1S/C19H20N4O2/c20-10-15-11-22-18(12-21-15)23-13-19(5-1-2-6-19)14-3-4-16-17(9-14)25-8-7-24-16/h3-4,9,11-12H,1-2,5-8,13H2,(H,22,23). The largest absolute Gasteiger partial charge is 0.486 e. The first-order chi connectivity index (χ1) is 12.3. The second-order valence-corrected chi connectivity index (χ2v) is 6.60. The third-order valence-electron chi connectivity index (χ3n) is 5.09. The van der Waals surface area contributed by atoms with Crippen molar-refractivity contribution >= 4 is 5.82 Å². The van der Waals surface area contributed by atoms with E-state index in [0.29, 0.717) is 24.7 Å². The third-order valence-corrected chi connectivity index (χ3v) is 5.09. The molecule has 0 atom stereocenters. The van der Waals surface area contributed by atoms with Crippen molar-refractivity contribution in [3.63, 3.8) is 0 Å². The zero-order valence-electron chi connectivity index (χ0n) is 14.0. The molecule has 1 aliphatic heterocycles. The van der Waals surface area contributed by atoms with E-state index in [-0.39, 0.29) is 5.41 Å². The van der Waals surface area contributed by atoms with E-state index >= 15 is 0 Å². The predicted molar refractivity (Wildman–Crippen MR) is 92.8 cm³/mol. The van der Waals surface area contributed by atoms with E-state index in [4.69, 9.17) is 14.7 Å². The van der Waals surface area contributed by atoms with E-state index in [9.17, 15) is 0 Å². The van der Waals surface area contributed by atoms with Crippen molar-refractivity contribution in [2.45, 2.75) is 31.1 Å². The van der Waals surface area contributed by atoms with E-state index in [1.165, 1.54) is 24.6 Å². The number of nitrogens with zero attached hydrogens (tertiary/aromatic N) is 3. The molecule has 0 spiro atoms. The van der Waals surface area contributed by atoms with Gasteiger partial charge in [-0.25, -0.2) is 9.97 Å². The lowest BCUT2D eigenvalue weighted by Crippen LogP contribution is -2.32. The summed E-state index contributed by atoms with van der Waals surface area (Å²) in [4.78, 5) is 8.34. The summed E-state index contributed by atoms with van der Waals surface area (Å²) in [6.07, 6.45) is 7.80. The molecule has 128 valence electrons. The Labute approximate surface area is 146 Å². The van der Waals surface area contributed by atoms with Crippen LogP contribution >= 0.6 is 0 Å². The molecule has 1 aromatic heterocycles. The Hall–Kier alpha value is -2.81. The first-order valence-electron chi connectivity index (χ1n) is 8.65. The average molecular weight is 336 g/mol. The van der Waals surface area contributed by atoms with Gasteiger partial charge in [0.2, 0.25) is 0 Å². The topological polar surface area (TPSA) is 80.1 Å². The van der Waals surface area contributed by atoms with Crippen LogP contribution < -0.4 is 14.8 Å². The lowest BCUT2D eigenvalue weighted by atomic mass is 9.78. The van der Waals surface area contributed by atoms with Gasteiger partial charge in [-0.05, 0) is 30.5 Å². The highest BCUT2D eigenvalue weighted by atomic mass is 16.6. The highest BCUT2D eigenvalue weighted by Crippen LogP contribution is 2.44. The van der Waals surface area contributed by atoms with Crippen molar-refractivity contribution in [2.24, 2.45) is 0 Å². The van der Waals surface area contributed by atoms with Crippen LogP contribution in [0.2, 0.25) is 0 Å². The fourth-order valence-corrected chi connectivity index (χ4v) is 3.73. The fourth-order valence-electron chi connectivity index (χ4n) is 3.73. The molecule has 25 heavy (non-hydrogen) atoms. The lowest BCUT2D eigenvalue weighted by molar-refractivity contribution is 0.171. The van der Waals surface area contributed by atoms with Gasteiger partial charge in [0.25, 0.3) is 0 Å². The number of benzene rings is 1. The smallest absolute Gasteiger partial charge is 0.161 e. The molecule has 6 heteroatoms. The molecule has 1 N–H and O–H groups in total. The highest BCUT2D eigenvalue weighted by molar-refractivity contribution is 5.47. The zero-order chi connectivity index (χ0) is 17.1. The third kappa shape index (κ3) is 3.10. The van der Waals surface area contributed by atoms with Crippen LogP contribution in [0.3, 0.4) is 0 Å². The van der Waals surface area contributed by atoms with Crippen LogP contribution in [-0.4, -0.2) is 29.7 Å². The molecule has 1 fully saturated rings. The minimum absolute atomic E-state index is 0.0609. The number of fused-ring (bicyclic) bond motifs is 1. The molecular formula is C19H20N4O2. The van der Waals surface area contributed by atoms with Crippen molar-refractivity contribution in [3.05, 3.63) is 41.9 Å². The fraction of sp³-hybridized carbons (Fsp3) is 0.421. The summed E-state index contributed by atoms with van der Waals surface area (Å²) in [5.41, 5.74) is 1.67. The van der Waals surface area contributed by atoms with Crippen molar-refractivity contribution < 1.29 is 9.47 Å². The first kappa shape index (κ1) is 15.7. The molecule has 2 heterocycles. The minimum Gasteiger partial charge on any atom is -0.486 e. The van der Waals surface area contributed by atoms with E-state index in [0.717, 1.165) is 30.9 Å². The number of hydrogen-bond donors (Lipinski definition) is 1. The molecule has 0 radical (unpaired) electrons. The Bertz CT molecular complexity index is 792. The van der Waals surface area contributed by atoms with Crippen LogP contribution in [0.5, 0.6) is 11.5 Å². The van der Waals surface area contributed by atoms with E-state index < -0.39 is 0 Å². The molecule has 4 rings (SSSR count). The lowest BCUT2D eigenvalue weighted by Gasteiger charge is -2.31. The van der Waals surface area contributed by atoms with Crippen molar-refractivity contribution in [1.82, 2.24) is 9.97 Å². The van der Waals surface area contributed by atoms with Gasteiger partial charge in [0, 0.05) is 12.0 Å². The Morgan fingerprint density at radius 3 is 2.60 bits per heavy atom. The summed E-state index contributed by atoms with van der Waals surface area (Å²) in [6.45, 7) is 1.99. The number of ether oxygens (including phenoxy) is 2. The van der Waals surface area contributed by atoms with Crippen LogP contribution in [0, 0.1) is 11.3 Å². The molecule has 1 aromatic carbocycles. The Kier molecular flexibility index (Phi) is 4.14. The average Bonchev–Trinajstić information content (AvgIpc) is 3.16.